The van der Waals surface area contributed by atoms with Crippen LogP contribution in [0.4, 0.5) is 16.2 Å². The number of hydrogen-bond donors (Lipinski definition) is 3. The summed E-state index contributed by atoms with van der Waals surface area (Å²) in [5.74, 6) is -0.128. The molecule has 174 valence electrons. The number of nitrogens with zero attached hydrogens (tertiary/aromatic N) is 1. The smallest absolute Gasteiger partial charge is 0.319 e. The van der Waals surface area contributed by atoms with Crippen molar-refractivity contribution in [1.29, 1.82) is 0 Å². The summed E-state index contributed by atoms with van der Waals surface area (Å²) in [5.41, 5.74) is 0.976. The first kappa shape index (κ1) is 25.2. The Morgan fingerprint density at radius 2 is 1.62 bits per heavy atom. The molecule has 9 nitrogen and oxygen atoms in total. The van der Waals surface area contributed by atoms with Crippen molar-refractivity contribution in [2.45, 2.75) is 32.1 Å². The van der Waals surface area contributed by atoms with E-state index in [4.69, 9.17) is 4.74 Å². The molecule has 0 saturated carbocycles. The Morgan fingerprint density at radius 1 is 0.938 bits per heavy atom. The van der Waals surface area contributed by atoms with E-state index in [-0.39, 0.29) is 29.5 Å². The van der Waals surface area contributed by atoms with Gasteiger partial charge in [0, 0.05) is 37.4 Å². The second-order valence-corrected chi connectivity index (χ2v) is 8.64. The highest BCUT2D eigenvalue weighted by atomic mass is 32.2. The quantitative estimate of drug-likeness (QED) is 0.474. The van der Waals surface area contributed by atoms with E-state index in [1.165, 1.54) is 16.4 Å². The Labute approximate surface area is 189 Å². The van der Waals surface area contributed by atoms with Gasteiger partial charge in [-0.1, -0.05) is 32.0 Å². The lowest BCUT2D eigenvalue weighted by Gasteiger charge is -2.21. The lowest BCUT2D eigenvalue weighted by atomic mass is 10.3. The monoisotopic (exact) mass is 462 g/mol. The zero-order valence-corrected chi connectivity index (χ0v) is 19.4. The summed E-state index contributed by atoms with van der Waals surface area (Å²) in [4.78, 5) is 24.2. The number of hydrogen-bond acceptors (Lipinski definition) is 5. The summed E-state index contributed by atoms with van der Waals surface area (Å²) in [6.07, 6.45) is 0.0214. The normalized spacial score (nSPS) is 11.1. The fourth-order valence-corrected chi connectivity index (χ4v) is 4.59. The van der Waals surface area contributed by atoms with Crippen LogP contribution in [0, 0.1) is 0 Å². The van der Waals surface area contributed by atoms with Crippen molar-refractivity contribution in [2.75, 3.05) is 36.9 Å². The van der Waals surface area contributed by atoms with Crippen LogP contribution in [0.15, 0.2) is 53.4 Å². The second-order valence-electron chi connectivity index (χ2n) is 6.73. The highest BCUT2D eigenvalue weighted by Crippen LogP contribution is 2.30. The van der Waals surface area contributed by atoms with Crippen LogP contribution in [0.2, 0.25) is 0 Å². The third-order valence-electron chi connectivity index (χ3n) is 4.52. The Bertz CT molecular complexity index is 1010. The van der Waals surface area contributed by atoms with Gasteiger partial charge in [-0.3, -0.25) is 4.79 Å². The van der Waals surface area contributed by atoms with Crippen LogP contribution in [0.3, 0.4) is 0 Å². The van der Waals surface area contributed by atoms with E-state index in [0.717, 1.165) is 0 Å². The molecule has 2 aromatic carbocycles. The van der Waals surface area contributed by atoms with Gasteiger partial charge in [-0.15, -0.1) is 0 Å². The van der Waals surface area contributed by atoms with Gasteiger partial charge in [0.25, 0.3) is 0 Å². The predicted molar refractivity (Wildman–Crippen MR) is 124 cm³/mol. The molecule has 32 heavy (non-hydrogen) atoms. The molecule has 0 fully saturated rings. The van der Waals surface area contributed by atoms with Crippen molar-refractivity contribution >= 4 is 33.3 Å². The number of sulfonamides is 1. The lowest BCUT2D eigenvalue weighted by Crippen LogP contribution is -2.32. The zero-order valence-electron chi connectivity index (χ0n) is 18.6. The summed E-state index contributed by atoms with van der Waals surface area (Å²) < 4.78 is 32.8. The van der Waals surface area contributed by atoms with E-state index in [0.29, 0.717) is 31.1 Å². The highest BCUT2D eigenvalue weighted by Gasteiger charge is 2.26. The molecule has 0 atom stereocenters. The zero-order chi connectivity index (χ0) is 23.6. The minimum absolute atomic E-state index is 0.00112. The molecular weight excluding hydrogens is 432 g/mol. The van der Waals surface area contributed by atoms with Gasteiger partial charge in [-0.05, 0) is 37.3 Å². The average Bonchev–Trinajstić information content (AvgIpc) is 2.76. The Kier molecular flexibility index (Phi) is 9.48. The fourth-order valence-electron chi connectivity index (χ4n) is 2.97. The van der Waals surface area contributed by atoms with Crippen molar-refractivity contribution < 1.29 is 22.7 Å². The second kappa shape index (κ2) is 12.1. The van der Waals surface area contributed by atoms with Gasteiger partial charge in [0.2, 0.25) is 15.9 Å². The van der Waals surface area contributed by atoms with Gasteiger partial charge >= 0.3 is 6.03 Å². The molecule has 0 aromatic heterocycles. The van der Waals surface area contributed by atoms with E-state index in [9.17, 15) is 18.0 Å². The summed E-state index contributed by atoms with van der Waals surface area (Å²) in [6, 6.07) is 13.0. The average molecular weight is 463 g/mol. The van der Waals surface area contributed by atoms with Crippen LogP contribution in [0.5, 0.6) is 5.75 Å². The van der Waals surface area contributed by atoms with Gasteiger partial charge in [-0.25, -0.2) is 13.2 Å². The van der Waals surface area contributed by atoms with Crippen LogP contribution in [-0.4, -0.2) is 50.9 Å². The number of benzene rings is 2. The maximum Gasteiger partial charge on any atom is 0.319 e. The highest BCUT2D eigenvalue weighted by molar-refractivity contribution is 7.89. The molecule has 0 aliphatic carbocycles. The maximum absolute atomic E-state index is 13.0. The maximum atomic E-state index is 13.0. The molecule has 3 amide bonds. The van der Waals surface area contributed by atoms with Crippen LogP contribution >= 0.6 is 0 Å². The number of para-hydroxylation sites is 1. The van der Waals surface area contributed by atoms with Gasteiger partial charge in [0.15, 0.2) is 0 Å². The number of ether oxygens (including phenoxy) is 1. The number of rotatable bonds is 11. The lowest BCUT2D eigenvalue weighted by molar-refractivity contribution is -0.116. The minimum Gasteiger partial charge on any atom is -0.492 e. The summed E-state index contributed by atoms with van der Waals surface area (Å²) in [6.45, 7) is 6.34. The van der Waals surface area contributed by atoms with Crippen molar-refractivity contribution in [2.24, 2.45) is 0 Å². The molecule has 0 heterocycles. The van der Waals surface area contributed by atoms with Gasteiger partial charge in [-0.2, -0.15) is 4.31 Å². The van der Waals surface area contributed by atoms with E-state index in [1.807, 2.05) is 6.07 Å². The SMILES string of the molecule is CCOc1ccc(NC(=O)CCNC(=O)Nc2ccccc2)cc1S(=O)(=O)N(CC)CC. The third kappa shape index (κ3) is 6.96. The third-order valence-corrected chi connectivity index (χ3v) is 6.59. The Hall–Kier alpha value is -3.11. The first-order valence-electron chi connectivity index (χ1n) is 10.5. The number of urea groups is 1. The summed E-state index contributed by atoms with van der Waals surface area (Å²) in [7, 11) is -3.78. The van der Waals surface area contributed by atoms with E-state index < -0.39 is 16.1 Å². The fraction of sp³-hybridized carbons (Fsp3) is 0.364. The number of carbonyl (C=O) groups excluding carboxylic acids is 2. The van der Waals surface area contributed by atoms with Crippen LogP contribution in [0.25, 0.3) is 0 Å². The van der Waals surface area contributed by atoms with Gasteiger partial charge in [0.1, 0.15) is 10.6 Å². The number of carbonyl (C=O) groups is 2. The largest absolute Gasteiger partial charge is 0.492 e. The molecule has 0 bridgehead atoms. The molecule has 0 unspecified atom stereocenters. The van der Waals surface area contributed by atoms with E-state index in [2.05, 4.69) is 16.0 Å². The summed E-state index contributed by atoms with van der Waals surface area (Å²) >= 11 is 0. The molecular formula is C22H30N4O5S. The van der Waals surface area contributed by atoms with Crippen molar-refractivity contribution in [1.82, 2.24) is 9.62 Å². The van der Waals surface area contributed by atoms with Crippen LogP contribution in [0.1, 0.15) is 27.2 Å². The Balaban J connectivity index is 2.01. The Morgan fingerprint density at radius 3 is 2.25 bits per heavy atom. The minimum atomic E-state index is -3.78. The molecule has 0 aliphatic heterocycles. The first-order valence-corrected chi connectivity index (χ1v) is 11.9. The number of amides is 3. The van der Waals surface area contributed by atoms with E-state index >= 15 is 0 Å². The molecule has 0 radical (unpaired) electrons. The van der Waals surface area contributed by atoms with Crippen molar-refractivity contribution in [3.63, 3.8) is 0 Å². The molecule has 0 aliphatic rings. The molecule has 3 N–H and O–H groups in total. The van der Waals surface area contributed by atoms with Crippen LogP contribution < -0.4 is 20.7 Å². The first-order chi connectivity index (χ1) is 15.3. The predicted octanol–water partition coefficient (Wildman–Crippen LogP) is 3.27. The molecule has 0 saturated heterocycles. The van der Waals surface area contributed by atoms with Crippen molar-refractivity contribution in [3.05, 3.63) is 48.5 Å². The molecule has 10 heteroatoms. The topological polar surface area (TPSA) is 117 Å². The van der Waals surface area contributed by atoms with Gasteiger partial charge < -0.3 is 20.7 Å². The molecule has 0 spiro atoms. The number of anilines is 2. The summed E-state index contributed by atoms with van der Waals surface area (Å²) in [5, 5.41) is 7.94. The van der Waals surface area contributed by atoms with Gasteiger partial charge in [0.05, 0.1) is 6.61 Å². The van der Waals surface area contributed by atoms with Crippen molar-refractivity contribution in [3.8, 4) is 5.75 Å². The standard InChI is InChI=1S/C22H30N4O5S/c1-4-26(5-2)32(29,30)20-16-18(12-13-19(20)31-6-3)24-21(27)14-15-23-22(28)25-17-10-8-7-9-11-17/h7-13,16H,4-6,14-15H2,1-3H3,(H,24,27)(H2,23,25,28). The van der Waals surface area contributed by atoms with E-state index in [1.54, 1.807) is 51.1 Å². The number of nitrogens with one attached hydrogen (secondary N) is 3. The van der Waals surface area contributed by atoms with Crippen LogP contribution in [-0.2, 0) is 14.8 Å². The molecule has 2 aromatic rings. The molecule has 2 rings (SSSR count).